The van der Waals surface area contributed by atoms with Gasteiger partial charge in [0.15, 0.2) is 5.78 Å². The standard InChI is InChI=1S/C18H20FNO2/c1-3-22-12-15-9-7-14(8-10-15)11-20-17-6-4-5-16(19)18(17)13(2)21/h4-10,20H,3,11-12H2,1-2H3. The highest BCUT2D eigenvalue weighted by Crippen LogP contribution is 2.20. The lowest BCUT2D eigenvalue weighted by Crippen LogP contribution is -2.07. The van der Waals surface area contributed by atoms with Crippen molar-refractivity contribution in [1.82, 2.24) is 0 Å². The number of anilines is 1. The van der Waals surface area contributed by atoms with Crippen LogP contribution in [0.4, 0.5) is 10.1 Å². The molecule has 0 heterocycles. The minimum atomic E-state index is -0.496. The molecule has 0 aromatic heterocycles. The van der Waals surface area contributed by atoms with E-state index in [1.165, 1.54) is 13.0 Å². The SMILES string of the molecule is CCOCc1ccc(CNc2cccc(F)c2C(C)=O)cc1. The van der Waals surface area contributed by atoms with E-state index in [1.807, 2.05) is 31.2 Å². The number of benzene rings is 2. The van der Waals surface area contributed by atoms with E-state index in [2.05, 4.69) is 5.32 Å². The van der Waals surface area contributed by atoms with Crippen molar-refractivity contribution < 1.29 is 13.9 Å². The molecule has 0 fully saturated rings. The van der Waals surface area contributed by atoms with E-state index < -0.39 is 5.82 Å². The summed E-state index contributed by atoms with van der Waals surface area (Å²) in [5.41, 5.74) is 2.79. The third-order valence-corrected chi connectivity index (χ3v) is 3.34. The van der Waals surface area contributed by atoms with Crippen LogP contribution in [-0.4, -0.2) is 12.4 Å². The Morgan fingerprint density at radius 2 is 1.82 bits per heavy atom. The van der Waals surface area contributed by atoms with Crippen molar-refractivity contribution in [1.29, 1.82) is 0 Å². The van der Waals surface area contributed by atoms with Crippen LogP contribution in [0.15, 0.2) is 42.5 Å². The topological polar surface area (TPSA) is 38.3 Å². The number of Topliss-reactive ketones (excluding diaryl/α,β-unsaturated/α-hetero) is 1. The molecule has 0 aliphatic carbocycles. The molecule has 2 aromatic rings. The van der Waals surface area contributed by atoms with Crippen molar-refractivity contribution in [2.24, 2.45) is 0 Å². The third-order valence-electron chi connectivity index (χ3n) is 3.34. The second-order valence-electron chi connectivity index (χ2n) is 5.03. The van der Waals surface area contributed by atoms with E-state index in [1.54, 1.807) is 12.1 Å². The summed E-state index contributed by atoms with van der Waals surface area (Å²) >= 11 is 0. The zero-order valence-electron chi connectivity index (χ0n) is 12.9. The van der Waals surface area contributed by atoms with Crippen LogP contribution in [-0.2, 0) is 17.9 Å². The fraction of sp³-hybridized carbons (Fsp3) is 0.278. The Labute approximate surface area is 130 Å². The highest BCUT2D eigenvalue weighted by Gasteiger charge is 2.12. The Hall–Kier alpha value is -2.20. The van der Waals surface area contributed by atoms with Crippen LogP contribution in [0.3, 0.4) is 0 Å². The van der Waals surface area contributed by atoms with Crippen molar-refractivity contribution in [3.63, 3.8) is 0 Å². The van der Waals surface area contributed by atoms with Gasteiger partial charge < -0.3 is 10.1 Å². The molecule has 1 N–H and O–H groups in total. The molecule has 4 heteroatoms. The van der Waals surface area contributed by atoms with Gasteiger partial charge in [-0.15, -0.1) is 0 Å². The van der Waals surface area contributed by atoms with Gasteiger partial charge in [-0.2, -0.15) is 0 Å². The second-order valence-corrected chi connectivity index (χ2v) is 5.03. The largest absolute Gasteiger partial charge is 0.380 e. The average molecular weight is 301 g/mol. The maximum Gasteiger partial charge on any atom is 0.164 e. The minimum absolute atomic E-state index is 0.107. The lowest BCUT2D eigenvalue weighted by atomic mass is 10.1. The average Bonchev–Trinajstić information content (AvgIpc) is 2.51. The first-order valence-corrected chi connectivity index (χ1v) is 7.30. The molecule has 0 atom stereocenters. The van der Waals surface area contributed by atoms with Gasteiger partial charge in [-0.1, -0.05) is 30.3 Å². The zero-order chi connectivity index (χ0) is 15.9. The van der Waals surface area contributed by atoms with Gasteiger partial charge in [0, 0.05) is 18.8 Å². The van der Waals surface area contributed by atoms with E-state index in [0.29, 0.717) is 25.4 Å². The van der Waals surface area contributed by atoms with Crippen molar-refractivity contribution in [2.45, 2.75) is 27.0 Å². The molecule has 0 saturated carbocycles. The first-order valence-electron chi connectivity index (χ1n) is 7.30. The quantitative estimate of drug-likeness (QED) is 0.780. The van der Waals surface area contributed by atoms with E-state index in [0.717, 1.165) is 11.1 Å². The molecule has 3 nitrogen and oxygen atoms in total. The molecule has 0 saturated heterocycles. The molecule has 0 spiro atoms. The molecule has 0 aliphatic rings. The number of nitrogens with one attached hydrogen (secondary N) is 1. The van der Waals surface area contributed by atoms with Crippen molar-refractivity contribution in [2.75, 3.05) is 11.9 Å². The normalized spacial score (nSPS) is 10.5. The maximum atomic E-state index is 13.7. The van der Waals surface area contributed by atoms with Gasteiger partial charge in [-0.25, -0.2) is 4.39 Å². The van der Waals surface area contributed by atoms with Crippen LogP contribution in [0.25, 0.3) is 0 Å². The van der Waals surface area contributed by atoms with Gasteiger partial charge in [0.25, 0.3) is 0 Å². The lowest BCUT2D eigenvalue weighted by molar-refractivity contribution is 0.101. The number of carbonyl (C=O) groups is 1. The number of ketones is 1. The first kappa shape index (κ1) is 16.2. The van der Waals surface area contributed by atoms with Crippen LogP contribution >= 0.6 is 0 Å². The fourth-order valence-electron chi connectivity index (χ4n) is 2.20. The van der Waals surface area contributed by atoms with Crippen LogP contribution in [0.2, 0.25) is 0 Å². The minimum Gasteiger partial charge on any atom is -0.380 e. The summed E-state index contributed by atoms with van der Waals surface area (Å²) in [6, 6.07) is 12.6. The van der Waals surface area contributed by atoms with Crippen molar-refractivity contribution in [3.8, 4) is 0 Å². The molecule has 0 bridgehead atoms. The Balaban J connectivity index is 2.04. The number of halogens is 1. The summed E-state index contributed by atoms with van der Waals surface area (Å²) in [5.74, 6) is -0.780. The van der Waals surface area contributed by atoms with Gasteiger partial charge in [0.1, 0.15) is 5.82 Å². The molecule has 116 valence electrons. The zero-order valence-corrected chi connectivity index (χ0v) is 12.9. The Morgan fingerprint density at radius 1 is 1.14 bits per heavy atom. The second kappa shape index (κ2) is 7.71. The monoisotopic (exact) mass is 301 g/mol. The van der Waals surface area contributed by atoms with Crippen LogP contribution in [0.5, 0.6) is 0 Å². The van der Waals surface area contributed by atoms with E-state index in [4.69, 9.17) is 4.74 Å². The summed E-state index contributed by atoms with van der Waals surface area (Å²) in [6.45, 7) is 5.15. The predicted octanol–water partition coefficient (Wildman–Crippen LogP) is 4.18. The van der Waals surface area contributed by atoms with Crippen LogP contribution in [0.1, 0.15) is 35.3 Å². The molecule has 0 aliphatic heterocycles. The predicted molar refractivity (Wildman–Crippen MR) is 85.5 cm³/mol. The maximum absolute atomic E-state index is 13.7. The van der Waals surface area contributed by atoms with Gasteiger partial charge >= 0.3 is 0 Å². The van der Waals surface area contributed by atoms with Gasteiger partial charge in [-0.05, 0) is 37.1 Å². The molecule has 0 amide bonds. The fourth-order valence-corrected chi connectivity index (χ4v) is 2.20. The summed E-state index contributed by atoms with van der Waals surface area (Å²) < 4.78 is 19.1. The molecule has 2 aromatic carbocycles. The molecule has 2 rings (SSSR count). The number of ether oxygens (including phenoxy) is 1. The van der Waals surface area contributed by atoms with Gasteiger partial charge in [0.2, 0.25) is 0 Å². The third kappa shape index (κ3) is 4.15. The Kier molecular flexibility index (Phi) is 5.67. The molecule has 0 radical (unpaired) electrons. The highest BCUT2D eigenvalue weighted by atomic mass is 19.1. The van der Waals surface area contributed by atoms with Crippen LogP contribution < -0.4 is 5.32 Å². The van der Waals surface area contributed by atoms with Crippen LogP contribution in [0, 0.1) is 5.82 Å². The highest BCUT2D eigenvalue weighted by molar-refractivity contribution is 5.99. The number of hydrogen-bond donors (Lipinski definition) is 1. The van der Waals surface area contributed by atoms with E-state index >= 15 is 0 Å². The number of carbonyl (C=O) groups excluding carboxylic acids is 1. The first-order chi connectivity index (χ1) is 10.6. The summed E-state index contributed by atoms with van der Waals surface area (Å²) in [7, 11) is 0. The van der Waals surface area contributed by atoms with E-state index in [-0.39, 0.29) is 11.3 Å². The van der Waals surface area contributed by atoms with Gasteiger partial charge in [-0.3, -0.25) is 4.79 Å². The molecule has 22 heavy (non-hydrogen) atoms. The Morgan fingerprint density at radius 3 is 2.45 bits per heavy atom. The van der Waals surface area contributed by atoms with Gasteiger partial charge in [0.05, 0.1) is 12.2 Å². The summed E-state index contributed by atoms with van der Waals surface area (Å²) in [5, 5.41) is 3.12. The summed E-state index contributed by atoms with van der Waals surface area (Å²) in [6.07, 6.45) is 0. The molecular formula is C18H20FNO2. The van der Waals surface area contributed by atoms with Crippen molar-refractivity contribution >= 4 is 11.5 Å². The lowest BCUT2D eigenvalue weighted by Gasteiger charge is -2.11. The smallest absolute Gasteiger partial charge is 0.164 e. The number of rotatable bonds is 7. The molecular weight excluding hydrogens is 281 g/mol. The Bertz CT molecular complexity index is 638. The van der Waals surface area contributed by atoms with E-state index in [9.17, 15) is 9.18 Å². The van der Waals surface area contributed by atoms with Crippen molar-refractivity contribution in [3.05, 3.63) is 65.0 Å². The molecule has 0 unspecified atom stereocenters. The summed E-state index contributed by atoms with van der Waals surface area (Å²) in [4.78, 5) is 11.5. The number of hydrogen-bond acceptors (Lipinski definition) is 3.